The van der Waals surface area contributed by atoms with E-state index in [9.17, 15) is 8.42 Å². The predicted molar refractivity (Wildman–Crippen MR) is 133 cm³/mol. The van der Waals surface area contributed by atoms with Gasteiger partial charge in [0.05, 0.1) is 5.69 Å². The zero-order chi connectivity index (χ0) is 22.8. The van der Waals surface area contributed by atoms with Gasteiger partial charge in [0, 0.05) is 50.2 Å². The SMILES string of the molecule is N[C@H]1CC[C@@H](N[C@H]2C[C@@H]2c2ccc(-c3cccc(NS(=O)(=O)N4CCNCC4)c3)cc2)CC1. The Kier molecular flexibility index (Phi) is 6.72. The van der Waals surface area contributed by atoms with Gasteiger partial charge in [0.15, 0.2) is 0 Å². The molecule has 7 nitrogen and oxygen atoms in total. The molecule has 1 saturated heterocycles. The van der Waals surface area contributed by atoms with E-state index in [1.807, 2.05) is 18.2 Å². The van der Waals surface area contributed by atoms with Crippen LogP contribution in [0.15, 0.2) is 48.5 Å². The first-order valence-electron chi connectivity index (χ1n) is 12.2. The minimum Gasteiger partial charge on any atom is -0.328 e. The van der Waals surface area contributed by atoms with Gasteiger partial charge in [-0.25, -0.2) is 0 Å². The average molecular weight is 470 g/mol. The first kappa shape index (κ1) is 22.8. The smallest absolute Gasteiger partial charge is 0.301 e. The van der Waals surface area contributed by atoms with Crippen LogP contribution in [-0.4, -0.2) is 57.0 Å². The normalized spacial score (nSPS) is 28.4. The van der Waals surface area contributed by atoms with E-state index in [4.69, 9.17) is 5.73 Å². The summed E-state index contributed by atoms with van der Waals surface area (Å²) < 4.78 is 29.6. The van der Waals surface area contributed by atoms with Crippen LogP contribution in [0.25, 0.3) is 11.1 Å². The van der Waals surface area contributed by atoms with Crippen molar-refractivity contribution in [3.05, 3.63) is 54.1 Å². The second kappa shape index (κ2) is 9.72. The quantitative estimate of drug-likeness (QED) is 0.500. The van der Waals surface area contributed by atoms with Gasteiger partial charge in [-0.15, -0.1) is 0 Å². The summed E-state index contributed by atoms with van der Waals surface area (Å²) in [5.74, 6) is 0.590. The van der Waals surface area contributed by atoms with Crippen molar-refractivity contribution in [3.63, 3.8) is 0 Å². The van der Waals surface area contributed by atoms with Crippen LogP contribution in [0.1, 0.15) is 43.6 Å². The number of piperazine rings is 1. The number of nitrogens with two attached hydrogens (primary N) is 1. The van der Waals surface area contributed by atoms with Crippen LogP contribution in [-0.2, 0) is 10.2 Å². The van der Waals surface area contributed by atoms with Gasteiger partial charge in [-0.1, -0.05) is 36.4 Å². The van der Waals surface area contributed by atoms with Gasteiger partial charge in [-0.3, -0.25) is 4.72 Å². The number of rotatable bonds is 7. The minimum absolute atomic E-state index is 0.390. The van der Waals surface area contributed by atoms with Gasteiger partial charge in [0.25, 0.3) is 0 Å². The molecule has 2 aromatic rings. The molecule has 2 saturated carbocycles. The molecule has 1 aliphatic heterocycles. The molecule has 2 atom stereocenters. The van der Waals surface area contributed by atoms with Crippen molar-refractivity contribution in [1.82, 2.24) is 14.9 Å². The maximum Gasteiger partial charge on any atom is 0.301 e. The Morgan fingerprint density at radius 3 is 2.39 bits per heavy atom. The Hall–Kier alpha value is -1.97. The molecule has 5 rings (SSSR count). The summed E-state index contributed by atoms with van der Waals surface area (Å²) in [6.07, 6.45) is 5.85. The van der Waals surface area contributed by atoms with E-state index in [-0.39, 0.29) is 0 Å². The van der Waals surface area contributed by atoms with Crippen molar-refractivity contribution in [3.8, 4) is 11.1 Å². The zero-order valence-electron chi connectivity index (χ0n) is 19.0. The monoisotopic (exact) mass is 469 g/mol. The molecule has 2 aromatic carbocycles. The summed E-state index contributed by atoms with van der Waals surface area (Å²) in [6, 6.07) is 17.9. The molecule has 0 radical (unpaired) electrons. The Bertz CT molecular complexity index is 1040. The van der Waals surface area contributed by atoms with Gasteiger partial charge >= 0.3 is 10.2 Å². The lowest BCUT2D eigenvalue weighted by Crippen LogP contribution is -2.48. The lowest BCUT2D eigenvalue weighted by Gasteiger charge is -2.27. The summed E-state index contributed by atoms with van der Waals surface area (Å²) in [6.45, 7) is 2.34. The fourth-order valence-electron chi connectivity index (χ4n) is 5.12. The van der Waals surface area contributed by atoms with E-state index in [2.05, 4.69) is 39.6 Å². The molecule has 0 aromatic heterocycles. The standard InChI is InChI=1S/C25H35N5O2S/c26-21-8-10-22(11-9-21)28-25-17-24(25)19-6-4-18(5-7-19)20-2-1-3-23(16-20)29-33(31,32)30-14-12-27-13-15-30/h1-7,16,21-22,24-25,27-29H,8-15,17,26H2/t21-,22+,24-,25+/m1/s1. The molecule has 178 valence electrons. The van der Waals surface area contributed by atoms with Crippen molar-refractivity contribution in [2.24, 2.45) is 5.73 Å². The molecule has 0 spiro atoms. The molecule has 3 aliphatic rings. The lowest BCUT2D eigenvalue weighted by atomic mass is 9.92. The molecular weight excluding hydrogens is 434 g/mol. The van der Waals surface area contributed by atoms with E-state index in [0.717, 1.165) is 24.0 Å². The van der Waals surface area contributed by atoms with Crippen LogP contribution < -0.4 is 21.1 Å². The number of benzene rings is 2. The summed E-state index contributed by atoms with van der Waals surface area (Å²) in [7, 11) is -3.54. The molecule has 0 bridgehead atoms. The molecule has 5 N–H and O–H groups in total. The number of hydrogen-bond donors (Lipinski definition) is 4. The maximum atomic E-state index is 12.7. The third kappa shape index (κ3) is 5.58. The zero-order valence-corrected chi connectivity index (χ0v) is 19.9. The second-order valence-electron chi connectivity index (χ2n) is 9.69. The largest absolute Gasteiger partial charge is 0.328 e. The van der Waals surface area contributed by atoms with Crippen molar-refractivity contribution in [2.45, 2.75) is 56.1 Å². The van der Waals surface area contributed by atoms with Crippen molar-refractivity contribution >= 4 is 15.9 Å². The first-order chi connectivity index (χ1) is 16.0. The van der Waals surface area contributed by atoms with Crippen LogP contribution >= 0.6 is 0 Å². The Labute approximate surface area is 197 Å². The van der Waals surface area contributed by atoms with Crippen LogP contribution in [0.2, 0.25) is 0 Å². The summed E-state index contributed by atoms with van der Waals surface area (Å²) in [5.41, 5.74) is 10.1. The van der Waals surface area contributed by atoms with Crippen LogP contribution in [0.3, 0.4) is 0 Å². The van der Waals surface area contributed by atoms with Crippen LogP contribution in [0.5, 0.6) is 0 Å². The van der Waals surface area contributed by atoms with E-state index in [1.165, 1.54) is 29.1 Å². The highest BCUT2D eigenvalue weighted by Crippen LogP contribution is 2.42. The molecule has 0 amide bonds. The molecular formula is C25H35N5O2S. The molecule has 1 heterocycles. The molecule has 8 heteroatoms. The van der Waals surface area contributed by atoms with Crippen molar-refractivity contribution < 1.29 is 8.42 Å². The summed E-state index contributed by atoms with van der Waals surface area (Å²) in [4.78, 5) is 0. The number of nitrogens with zero attached hydrogens (tertiary/aromatic N) is 1. The number of hydrogen-bond acceptors (Lipinski definition) is 5. The van der Waals surface area contributed by atoms with Crippen molar-refractivity contribution in [1.29, 1.82) is 0 Å². The first-order valence-corrected chi connectivity index (χ1v) is 13.6. The van der Waals surface area contributed by atoms with Gasteiger partial charge < -0.3 is 16.4 Å². The summed E-state index contributed by atoms with van der Waals surface area (Å²) >= 11 is 0. The van der Waals surface area contributed by atoms with Gasteiger partial charge in [-0.2, -0.15) is 12.7 Å². The second-order valence-corrected chi connectivity index (χ2v) is 11.4. The molecule has 33 heavy (non-hydrogen) atoms. The topological polar surface area (TPSA) is 99.5 Å². The van der Waals surface area contributed by atoms with Gasteiger partial charge in [0.2, 0.25) is 0 Å². The Morgan fingerprint density at radius 2 is 1.67 bits per heavy atom. The van der Waals surface area contributed by atoms with E-state index < -0.39 is 10.2 Å². The van der Waals surface area contributed by atoms with E-state index >= 15 is 0 Å². The molecule has 0 unspecified atom stereocenters. The minimum atomic E-state index is -3.54. The fourth-order valence-corrected chi connectivity index (χ4v) is 6.34. The van der Waals surface area contributed by atoms with Crippen LogP contribution in [0, 0.1) is 0 Å². The van der Waals surface area contributed by atoms with Gasteiger partial charge in [-0.05, 0) is 60.9 Å². The fraction of sp³-hybridized carbons (Fsp3) is 0.520. The average Bonchev–Trinajstić information content (AvgIpc) is 3.60. The third-order valence-electron chi connectivity index (χ3n) is 7.21. The van der Waals surface area contributed by atoms with E-state index in [1.54, 1.807) is 6.07 Å². The third-order valence-corrected chi connectivity index (χ3v) is 8.75. The van der Waals surface area contributed by atoms with Crippen molar-refractivity contribution in [2.75, 3.05) is 30.9 Å². The molecule has 3 fully saturated rings. The van der Waals surface area contributed by atoms with E-state index in [0.29, 0.717) is 55.9 Å². The van der Waals surface area contributed by atoms with Gasteiger partial charge in [0.1, 0.15) is 0 Å². The predicted octanol–water partition coefficient (Wildman–Crippen LogP) is 2.63. The van der Waals surface area contributed by atoms with Crippen LogP contribution in [0.4, 0.5) is 5.69 Å². The number of anilines is 1. The Morgan fingerprint density at radius 1 is 0.939 bits per heavy atom. The Balaban J connectivity index is 1.20. The highest BCUT2D eigenvalue weighted by atomic mass is 32.2. The molecule has 2 aliphatic carbocycles. The summed E-state index contributed by atoms with van der Waals surface area (Å²) in [5, 5.41) is 7.02. The maximum absolute atomic E-state index is 12.7. The number of nitrogens with one attached hydrogen (secondary N) is 3. The highest BCUT2D eigenvalue weighted by molar-refractivity contribution is 7.90. The lowest BCUT2D eigenvalue weighted by molar-refractivity contribution is 0.339. The highest BCUT2D eigenvalue weighted by Gasteiger charge is 2.39.